The second kappa shape index (κ2) is 9.23. The molecule has 2 aromatic heterocycles. The molecule has 1 amide bonds. The van der Waals surface area contributed by atoms with Crippen molar-refractivity contribution in [2.45, 2.75) is 19.4 Å². The van der Waals surface area contributed by atoms with E-state index in [-0.39, 0.29) is 12.5 Å². The van der Waals surface area contributed by atoms with Crippen LogP contribution in [0.3, 0.4) is 0 Å². The molecule has 0 aliphatic rings. The second-order valence-corrected chi connectivity index (χ2v) is 9.51. The van der Waals surface area contributed by atoms with Gasteiger partial charge in [0.25, 0.3) is 0 Å². The van der Waals surface area contributed by atoms with Crippen LogP contribution < -0.4 is 10.0 Å². The predicted octanol–water partition coefficient (Wildman–Crippen LogP) is 2.39. The standard InChI is InChI=1S/C22H25N5O3S/c1-22(2,26-31(3,29)30)16-24-20(28)12-11-18-15-27(19-9-5-4-6-10-19)25-21(18)17-8-7-13-23-14-17/h4-15,26H,16H2,1-3H3,(H,24,28). The lowest BCUT2D eigenvalue weighted by Gasteiger charge is -2.24. The van der Waals surface area contributed by atoms with Crippen LogP contribution in [0.5, 0.6) is 0 Å². The van der Waals surface area contributed by atoms with Crippen LogP contribution in [0.15, 0.2) is 67.1 Å². The molecule has 31 heavy (non-hydrogen) atoms. The van der Waals surface area contributed by atoms with Gasteiger partial charge in [0.1, 0.15) is 5.69 Å². The number of carbonyl (C=O) groups is 1. The third-order valence-electron chi connectivity index (χ3n) is 4.28. The monoisotopic (exact) mass is 439 g/mol. The van der Waals surface area contributed by atoms with Crippen molar-refractivity contribution in [3.63, 3.8) is 0 Å². The number of nitrogens with one attached hydrogen (secondary N) is 2. The van der Waals surface area contributed by atoms with Gasteiger partial charge >= 0.3 is 0 Å². The first-order chi connectivity index (χ1) is 14.6. The van der Waals surface area contributed by atoms with Gasteiger partial charge in [-0.3, -0.25) is 9.78 Å². The van der Waals surface area contributed by atoms with E-state index in [0.29, 0.717) is 5.69 Å². The van der Waals surface area contributed by atoms with Gasteiger partial charge in [0, 0.05) is 47.9 Å². The molecule has 3 aromatic rings. The number of sulfonamides is 1. The van der Waals surface area contributed by atoms with Crippen molar-refractivity contribution >= 4 is 22.0 Å². The highest BCUT2D eigenvalue weighted by atomic mass is 32.2. The molecular formula is C22H25N5O3S. The summed E-state index contributed by atoms with van der Waals surface area (Å²) in [6, 6.07) is 13.4. The molecule has 0 atom stereocenters. The molecule has 8 nitrogen and oxygen atoms in total. The first-order valence-corrected chi connectivity index (χ1v) is 11.5. The third-order valence-corrected chi connectivity index (χ3v) is 5.20. The Balaban J connectivity index is 1.80. The van der Waals surface area contributed by atoms with Gasteiger partial charge in [0.15, 0.2) is 0 Å². The SMILES string of the molecule is CC(C)(CNC(=O)C=Cc1cn(-c2ccccc2)nc1-c1cccnc1)NS(C)(=O)=O. The molecule has 0 saturated carbocycles. The van der Waals surface area contributed by atoms with E-state index in [1.165, 1.54) is 6.08 Å². The van der Waals surface area contributed by atoms with E-state index in [2.05, 4.69) is 20.1 Å². The summed E-state index contributed by atoms with van der Waals surface area (Å²) in [6.07, 6.45) is 9.42. The summed E-state index contributed by atoms with van der Waals surface area (Å²) in [6.45, 7) is 3.53. The third kappa shape index (κ3) is 6.59. The topological polar surface area (TPSA) is 106 Å². The molecule has 0 fully saturated rings. The summed E-state index contributed by atoms with van der Waals surface area (Å²) in [4.78, 5) is 16.5. The van der Waals surface area contributed by atoms with Crippen molar-refractivity contribution in [2.75, 3.05) is 12.8 Å². The highest BCUT2D eigenvalue weighted by molar-refractivity contribution is 7.88. The summed E-state index contributed by atoms with van der Waals surface area (Å²) in [5.41, 5.74) is 2.36. The fraction of sp³-hybridized carbons (Fsp3) is 0.227. The summed E-state index contributed by atoms with van der Waals surface area (Å²) < 4.78 is 27.1. The van der Waals surface area contributed by atoms with Crippen molar-refractivity contribution in [3.8, 4) is 16.9 Å². The number of para-hydroxylation sites is 1. The Hall–Kier alpha value is -3.30. The zero-order chi connectivity index (χ0) is 22.5. The molecule has 0 spiro atoms. The summed E-state index contributed by atoms with van der Waals surface area (Å²) >= 11 is 0. The number of carbonyl (C=O) groups excluding carboxylic acids is 1. The van der Waals surface area contributed by atoms with Crippen molar-refractivity contribution in [2.24, 2.45) is 0 Å². The normalized spacial score (nSPS) is 12.2. The minimum atomic E-state index is -3.38. The fourth-order valence-corrected chi connectivity index (χ4v) is 4.10. The van der Waals surface area contributed by atoms with E-state index < -0.39 is 15.6 Å². The molecule has 3 rings (SSSR count). The molecule has 0 aliphatic carbocycles. The number of amides is 1. The van der Waals surface area contributed by atoms with Crippen molar-refractivity contribution < 1.29 is 13.2 Å². The van der Waals surface area contributed by atoms with Gasteiger partial charge in [-0.1, -0.05) is 18.2 Å². The molecular weight excluding hydrogens is 414 g/mol. The zero-order valence-electron chi connectivity index (χ0n) is 17.6. The van der Waals surface area contributed by atoms with Crippen LogP contribution in [-0.2, 0) is 14.8 Å². The quantitative estimate of drug-likeness (QED) is 0.524. The number of pyridine rings is 1. The minimum Gasteiger partial charge on any atom is -0.351 e. The van der Waals surface area contributed by atoms with E-state index in [4.69, 9.17) is 0 Å². The molecule has 1 aromatic carbocycles. The van der Waals surface area contributed by atoms with Gasteiger partial charge in [-0.15, -0.1) is 0 Å². The first-order valence-electron chi connectivity index (χ1n) is 9.63. The largest absolute Gasteiger partial charge is 0.351 e. The van der Waals surface area contributed by atoms with E-state index in [0.717, 1.165) is 23.1 Å². The van der Waals surface area contributed by atoms with Crippen LogP contribution in [0.1, 0.15) is 19.4 Å². The minimum absolute atomic E-state index is 0.141. The second-order valence-electron chi connectivity index (χ2n) is 7.76. The smallest absolute Gasteiger partial charge is 0.244 e. The summed E-state index contributed by atoms with van der Waals surface area (Å²) in [5, 5.41) is 7.39. The Kier molecular flexibility index (Phi) is 6.67. The lowest BCUT2D eigenvalue weighted by Crippen LogP contribution is -2.50. The Bertz CT molecular complexity index is 1170. The number of nitrogens with zero attached hydrogens (tertiary/aromatic N) is 3. The van der Waals surface area contributed by atoms with E-state index in [1.54, 1.807) is 37.0 Å². The van der Waals surface area contributed by atoms with Crippen LogP contribution in [-0.4, -0.2) is 47.4 Å². The number of hydrogen-bond donors (Lipinski definition) is 2. The van der Waals surface area contributed by atoms with Gasteiger partial charge in [-0.05, 0) is 44.2 Å². The van der Waals surface area contributed by atoms with Crippen LogP contribution in [0, 0.1) is 0 Å². The molecule has 2 N–H and O–H groups in total. The van der Waals surface area contributed by atoms with Crippen molar-refractivity contribution in [1.82, 2.24) is 24.8 Å². The summed E-state index contributed by atoms with van der Waals surface area (Å²) in [5.74, 6) is -0.340. The van der Waals surface area contributed by atoms with Crippen LogP contribution in [0.4, 0.5) is 0 Å². The molecule has 9 heteroatoms. The lowest BCUT2D eigenvalue weighted by molar-refractivity contribution is -0.116. The zero-order valence-corrected chi connectivity index (χ0v) is 18.4. The Morgan fingerprint density at radius 3 is 2.55 bits per heavy atom. The average molecular weight is 440 g/mol. The molecule has 0 aliphatic heterocycles. The van der Waals surface area contributed by atoms with Gasteiger partial charge in [-0.25, -0.2) is 17.8 Å². The van der Waals surface area contributed by atoms with E-state index in [1.807, 2.05) is 48.7 Å². The molecule has 0 unspecified atom stereocenters. The van der Waals surface area contributed by atoms with Gasteiger partial charge in [-0.2, -0.15) is 5.10 Å². The van der Waals surface area contributed by atoms with Gasteiger partial charge in [0.05, 0.1) is 11.9 Å². The maximum absolute atomic E-state index is 12.3. The highest BCUT2D eigenvalue weighted by Crippen LogP contribution is 2.24. The maximum Gasteiger partial charge on any atom is 0.244 e. The number of benzene rings is 1. The van der Waals surface area contributed by atoms with Gasteiger partial charge < -0.3 is 5.32 Å². The summed E-state index contributed by atoms with van der Waals surface area (Å²) in [7, 11) is -3.38. The predicted molar refractivity (Wildman–Crippen MR) is 121 cm³/mol. The maximum atomic E-state index is 12.3. The molecule has 0 saturated heterocycles. The number of rotatable bonds is 8. The van der Waals surface area contributed by atoms with E-state index in [9.17, 15) is 13.2 Å². The van der Waals surface area contributed by atoms with E-state index >= 15 is 0 Å². The Morgan fingerprint density at radius 1 is 1.16 bits per heavy atom. The first kappa shape index (κ1) is 22.4. The lowest BCUT2D eigenvalue weighted by atomic mass is 10.1. The van der Waals surface area contributed by atoms with Crippen molar-refractivity contribution in [3.05, 3.63) is 72.7 Å². The number of aromatic nitrogens is 3. The number of hydrogen-bond acceptors (Lipinski definition) is 5. The fourth-order valence-electron chi connectivity index (χ4n) is 3.02. The molecule has 0 bridgehead atoms. The van der Waals surface area contributed by atoms with Crippen LogP contribution in [0.25, 0.3) is 23.0 Å². The molecule has 2 heterocycles. The van der Waals surface area contributed by atoms with Crippen molar-refractivity contribution in [1.29, 1.82) is 0 Å². The molecule has 0 radical (unpaired) electrons. The average Bonchev–Trinajstić information content (AvgIpc) is 3.15. The molecule has 162 valence electrons. The Morgan fingerprint density at radius 2 is 1.90 bits per heavy atom. The van der Waals surface area contributed by atoms with Crippen LogP contribution in [0.2, 0.25) is 0 Å². The van der Waals surface area contributed by atoms with Gasteiger partial charge in [0.2, 0.25) is 15.9 Å². The highest BCUT2D eigenvalue weighted by Gasteiger charge is 2.22. The van der Waals surface area contributed by atoms with Crippen LogP contribution >= 0.6 is 0 Å². The Labute approximate surface area is 182 Å².